The lowest BCUT2D eigenvalue weighted by atomic mass is 10.2. The standard InChI is InChI=1S/C9H14N3O6PS/c10-6(9(13)14)1-2-19(17,18)8(11)5-3-7(12(15)16)20-4-5/h3-4,6,8H,1-2,10-11H2,(H,13,14)(H,17,18)/t6-,8?/m0/s1. The van der Waals surface area contributed by atoms with Gasteiger partial charge in [0.1, 0.15) is 11.8 Å². The van der Waals surface area contributed by atoms with Crippen molar-refractivity contribution in [1.82, 2.24) is 0 Å². The van der Waals surface area contributed by atoms with Crippen LogP contribution < -0.4 is 11.5 Å². The molecule has 1 rings (SSSR count). The fraction of sp³-hybridized carbons (Fsp3) is 0.444. The predicted molar refractivity (Wildman–Crippen MR) is 72.8 cm³/mol. The minimum absolute atomic E-state index is 0.177. The molecule has 20 heavy (non-hydrogen) atoms. The molecule has 2 unspecified atom stereocenters. The van der Waals surface area contributed by atoms with E-state index in [1.54, 1.807) is 0 Å². The van der Waals surface area contributed by atoms with Crippen LogP contribution in [0.3, 0.4) is 0 Å². The lowest BCUT2D eigenvalue weighted by molar-refractivity contribution is -0.380. The number of hydrogen-bond donors (Lipinski definition) is 4. The summed E-state index contributed by atoms with van der Waals surface area (Å²) in [5, 5.41) is 20.3. The van der Waals surface area contributed by atoms with Gasteiger partial charge >= 0.3 is 11.0 Å². The van der Waals surface area contributed by atoms with Gasteiger partial charge < -0.3 is 21.5 Å². The van der Waals surface area contributed by atoms with Gasteiger partial charge in [0.05, 0.1) is 4.92 Å². The molecule has 0 saturated carbocycles. The van der Waals surface area contributed by atoms with E-state index in [0.29, 0.717) is 0 Å². The van der Waals surface area contributed by atoms with Crippen molar-refractivity contribution in [3.05, 3.63) is 27.1 Å². The highest BCUT2D eigenvalue weighted by Gasteiger charge is 2.32. The van der Waals surface area contributed by atoms with E-state index in [9.17, 15) is 24.4 Å². The van der Waals surface area contributed by atoms with Crippen molar-refractivity contribution < 1.29 is 24.3 Å². The van der Waals surface area contributed by atoms with Crippen LogP contribution >= 0.6 is 18.7 Å². The van der Waals surface area contributed by atoms with Gasteiger partial charge in [-0.1, -0.05) is 11.3 Å². The fourth-order valence-electron chi connectivity index (χ4n) is 1.41. The van der Waals surface area contributed by atoms with Crippen molar-refractivity contribution in [3.8, 4) is 0 Å². The molecule has 6 N–H and O–H groups in total. The van der Waals surface area contributed by atoms with Crippen molar-refractivity contribution in [2.75, 3.05) is 6.16 Å². The van der Waals surface area contributed by atoms with Gasteiger partial charge in [0, 0.05) is 17.6 Å². The molecule has 0 amide bonds. The third kappa shape index (κ3) is 4.09. The zero-order valence-corrected chi connectivity index (χ0v) is 11.9. The SMILES string of the molecule is NC(c1csc([N+](=O)[O-])c1)P(=O)(O)CC[C@H](N)C(=O)O. The van der Waals surface area contributed by atoms with Crippen LogP contribution in [0.4, 0.5) is 5.00 Å². The molecule has 9 nitrogen and oxygen atoms in total. The quantitative estimate of drug-likeness (QED) is 0.322. The molecule has 0 aromatic carbocycles. The second-order valence-corrected chi connectivity index (χ2v) is 7.54. The van der Waals surface area contributed by atoms with Crippen LogP contribution in [0.1, 0.15) is 17.8 Å². The minimum atomic E-state index is -3.90. The number of nitro groups is 1. The molecule has 0 radical (unpaired) electrons. The molecule has 0 fully saturated rings. The Morgan fingerprint density at radius 1 is 1.55 bits per heavy atom. The molecule has 1 aromatic heterocycles. The number of carboxylic acids is 1. The highest BCUT2D eigenvalue weighted by molar-refractivity contribution is 7.58. The number of hydrogen-bond acceptors (Lipinski definition) is 7. The second-order valence-electron chi connectivity index (χ2n) is 4.13. The van der Waals surface area contributed by atoms with Gasteiger partial charge in [0.15, 0.2) is 0 Å². The molecular formula is C9H14N3O6PS. The summed E-state index contributed by atoms with van der Waals surface area (Å²) in [6, 6.07) is -0.116. The Hall–Kier alpha value is -1.32. The van der Waals surface area contributed by atoms with E-state index >= 15 is 0 Å². The van der Waals surface area contributed by atoms with Gasteiger partial charge in [-0.25, -0.2) is 0 Å². The molecule has 0 spiro atoms. The van der Waals surface area contributed by atoms with E-state index in [1.807, 2.05) is 0 Å². The summed E-state index contributed by atoms with van der Waals surface area (Å²) < 4.78 is 12.0. The molecule has 0 aliphatic carbocycles. The van der Waals surface area contributed by atoms with Crippen molar-refractivity contribution in [1.29, 1.82) is 0 Å². The third-order valence-electron chi connectivity index (χ3n) is 2.64. The largest absolute Gasteiger partial charge is 0.480 e. The van der Waals surface area contributed by atoms with E-state index in [1.165, 1.54) is 5.38 Å². The maximum atomic E-state index is 12.0. The van der Waals surface area contributed by atoms with Crippen molar-refractivity contribution in [2.45, 2.75) is 18.2 Å². The van der Waals surface area contributed by atoms with Gasteiger partial charge in [0.2, 0.25) is 7.37 Å². The van der Waals surface area contributed by atoms with Crippen LogP contribution in [0.15, 0.2) is 11.4 Å². The average Bonchev–Trinajstić information content (AvgIpc) is 2.84. The topological polar surface area (TPSA) is 170 Å². The molecular weight excluding hydrogens is 309 g/mol. The highest BCUT2D eigenvalue weighted by Crippen LogP contribution is 2.53. The maximum Gasteiger partial charge on any atom is 0.324 e. The monoisotopic (exact) mass is 323 g/mol. The normalized spacial score (nSPS) is 17.1. The van der Waals surface area contributed by atoms with E-state index < -0.39 is 30.1 Å². The number of rotatable bonds is 7. The van der Waals surface area contributed by atoms with E-state index in [4.69, 9.17) is 16.6 Å². The van der Waals surface area contributed by atoms with Crippen LogP contribution in [0.25, 0.3) is 0 Å². The van der Waals surface area contributed by atoms with E-state index in [-0.39, 0.29) is 23.1 Å². The fourth-order valence-corrected chi connectivity index (χ4v) is 3.81. The summed E-state index contributed by atoms with van der Waals surface area (Å²) in [5.41, 5.74) is 11.1. The number of carbonyl (C=O) groups is 1. The van der Waals surface area contributed by atoms with E-state index in [2.05, 4.69) is 0 Å². The molecule has 1 aromatic rings. The molecule has 112 valence electrons. The minimum Gasteiger partial charge on any atom is -0.480 e. The van der Waals surface area contributed by atoms with Gasteiger partial charge in [-0.3, -0.25) is 19.5 Å². The van der Waals surface area contributed by atoms with Gasteiger partial charge in [-0.05, 0) is 12.0 Å². The molecule has 11 heteroatoms. The molecule has 0 aliphatic heterocycles. The summed E-state index contributed by atoms with van der Waals surface area (Å²) in [5.74, 6) is -2.57. The zero-order chi connectivity index (χ0) is 15.5. The molecule has 0 saturated heterocycles. The predicted octanol–water partition coefficient (Wildman–Crippen LogP) is 0.686. The first kappa shape index (κ1) is 16.7. The van der Waals surface area contributed by atoms with Crippen LogP contribution in [0.5, 0.6) is 0 Å². The number of thiophene rings is 1. The first-order chi connectivity index (χ1) is 9.15. The highest BCUT2D eigenvalue weighted by atomic mass is 32.1. The Morgan fingerprint density at radius 3 is 2.60 bits per heavy atom. The molecule has 1 heterocycles. The summed E-state index contributed by atoms with van der Waals surface area (Å²) in [4.78, 5) is 30.3. The Kier molecular flexibility index (Phi) is 5.37. The third-order valence-corrected chi connectivity index (χ3v) is 5.60. The Morgan fingerprint density at radius 2 is 2.15 bits per heavy atom. The van der Waals surface area contributed by atoms with Crippen molar-refractivity contribution in [2.24, 2.45) is 11.5 Å². The molecule has 0 aliphatic rings. The Balaban J connectivity index is 2.77. The van der Waals surface area contributed by atoms with Crippen molar-refractivity contribution >= 4 is 29.7 Å². The maximum absolute atomic E-state index is 12.0. The number of nitrogens with two attached hydrogens (primary N) is 2. The molecule has 3 atom stereocenters. The van der Waals surface area contributed by atoms with Gasteiger partial charge in [-0.2, -0.15) is 0 Å². The zero-order valence-electron chi connectivity index (χ0n) is 10.2. The number of carboxylic acid groups (broad SMARTS) is 1. The van der Waals surface area contributed by atoms with Gasteiger partial charge in [-0.15, -0.1) is 0 Å². The summed E-state index contributed by atoms with van der Waals surface area (Å²) in [6.45, 7) is 0. The first-order valence-corrected chi connectivity index (χ1v) is 8.23. The van der Waals surface area contributed by atoms with Crippen LogP contribution in [0, 0.1) is 10.1 Å². The smallest absolute Gasteiger partial charge is 0.324 e. The van der Waals surface area contributed by atoms with E-state index in [0.717, 1.165) is 17.4 Å². The van der Waals surface area contributed by atoms with Crippen LogP contribution in [-0.2, 0) is 9.36 Å². The Bertz CT molecular complexity index is 562. The summed E-state index contributed by atoms with van der Waals surface area (Å²) >= 11 is 0.801. The Labute approximate surface area is 117 Å². The lowest BCUT2D eigenvalue weighted by Crippen LogP contribution is -2.31. The summed E-state index contributed by atoms with van der Waals surface area (Å²) in [6.07, 6.45) is -0.575. The van der Waals surface area contributed by atoms with Crippen LogP contribution in [-0.4, -0.2) is 33.1 Å². The first-order valence-electron chi connectivity index (χ1n) is 5.43. The average molecular weight is 323 g/mol. The van der Waals surface area contributed by atoms with Gasteiger partial charge in [0.25, 0.3) is 0 Å². The van der Waals surface area contributed by atoms with Crippen molar-refractivity contribution in [3.63, 3.8) is 0 Å². The lowest BCUT2D eigenvalue weighted by Gasteiger charge is -2.19. The molecule has 0 bridgehead atoms. The summed E-state index contributed by atoms with van der Waals surface area (Å²) in [7, 11) is -3.90. The number of nitrogens with zero attached hydrogens (tertiary/aromatic N) is 1. The number of aliphatic carboxylic acids is 1. The second kappa shape index (κ2) is 6.42. The van der Waals surface area contributed by atoms with Crippen LogP contribution in [0.2, 0.25) is 0 Å².